The molecule has 0 N–H and O–H groups in total. The van der Waals surface area contributed by atoms with Crippen molar-refractivity contribution >= 4 is 16.9 Å². The van der Waals surface area contributed by atoms with Crippen molar-refractivity contribution in [3.8, 4) is 0 Å². The molecule has 4 nitrogen and oxygen atoms in total. The van der Waals surface area contributed by atoms with Gasteiger partial charge in [-0.3, -0.25) is 4.79 Å². The number of nitrogens with zero attached hydrogens (tertiary/aromatic N) is 1. The third-order valence-corrected chi connectivity index (χ3v) is 2.67. The minimum Gasteiger partial charge on any atom is -0.468 e. The lowest BCUT2D eigenvalue weighted by Gasteiger charge is -2.18. The molecule has 0 saturated heterocycles. The van der Waals surface area contributed by atoms with Crippen molar-refractivity contribution in [2.75, 3.05) is 7.11 Å². The Balaban J connectivity index is 2.59. The Morgan fingerprint density at radius 2 is 2.06 bits per heavy atom. The van der Waals surface area contributed by atoms with E-state index in [9.17, 15) is 4.79 Å². The highest BCUT2D eigenvalue weighted by molar-refractivity contribution is 5.89. The van der Waals surface area contributed by atoms with Crippen molar-refractivity contribution in [1.29, 1.82) is 0 Å². The van der Waals surface area contributed by atoms with Crippen molar-refractivity contribution in [3.05, 3.63) is 30.0 Å². The zero-order valence-electron chi connectivity index (χ0n) is 9.48. The molecule has 0 aliphatic carbocycles. The van der Waals surface area contributed by atoms with Crippen molar-refractivity contribution in [2.24, 2.45) is 0 Å². The molecule has 0 aliphatic rings. The molecule has 0 bridgehead atoms. The number of benzene rings is 1. The normalized spacial score (nSPS) is 11.7. The lowest BCUT2D eigenvalue weighted by atomic mass is 9.87. The molecule has 0 amide bonds. The molecule has 1 aromatic carbocycles. The van der Waals surface area contributed by atoms with Gasteiger partial charge in [0.05, 0.1) is 7.11 Å². The standard InChI is InChI=1S/C12H13NO3/c1-12(2,11(14)15-3)10-8-6-4-5-7-9(8)16-13-10/h4-7H,1-3H3. The van der Waals surface area contributed by atoms with Gasteiger partial charge in [-0.2, -0.15) is 0 Å². The summed E-state index contributed by atoms with van der Waals surface area (Å²) < 4.78 is 9.94. The Bertz CT molecular complexity index is 528. The smallest absolute Gasteiger partial charge is 0.317 e. The molecule has 0 aliphatic heterocycles. The highest BCUT2D eigenvalue weighted by Crippen LogP contribution is 2.30. The molecule has 0 unspecified atom stereocenters. The maximum atomic E-state index is 11.7. The van der Waals surface area contributed by atoms with E-state index in [2.05, 4.69) is 5.16 Å². The Morgan fingerprint density at radius 1 is 1.38 bits per heavy atom. The number of methoxy groups -OCH3 is 1. The van der Waals surface area contributed by atoms with Crippen LogP contribution in [0.1, 0.15) is 19.5 Å². The van der Waals surface area contributed by atoms with E-state index < -0.39 is 5.41 Å². The SMILES string of the molecule is COC(=O)C(C)(C)c1noc2ccccc12. The molecule has 1 heterocycles. The van der Waals surface area contributed by atoms with Gasteiger partial charge in [-0.1, -0.05) is 17.3 Å². The van der Waals surface area contributed by atoms with Gasteiger partial charge in [-0.15, -0.1) is 0 Å². The monoisotopic (exact) mass is 219 g/mol. The highest BCUT2D eigenvalue weighted by Gasteiger charge is 2.35. The van der Waals surface area contributed by atoms with Gasteiger partial charge >= 0.3 is 5.97 Å². The number of esters is 1. The molecule has 84 valence electrons. The van der Waals surface area contributed by atoms with Crippen LogP contribution in [0.5, 0.6) is 0 Å². The Morgan fingerprint density at radius 3 is 2.75 bits per heavy atom. The molecule has 1 aromatic heterocycles. The first-order chi connectivity index (χ1) is 7.57. The largest absolute Gasteiger partial charge is 0.468 e. The van der Waals surface area contributed by atoms with E-state index in [1.165, 1.54) is 7.11 Å². The summed E-state index contributed by atoms with van der Waals surface area (Å²) in [6, 6.07) is 7.45. The highest BCUT2D eigenvalue weighted by atomic mass is 16.5. The molecule has 2 rings (SSSR count). The van der Waals surface area contributed by atoms with Crippen LogP contribution < -0.4 is 0 Å². The first-order valence-corrected chi connectivity index (χ1v) is 5.00. The Labute approximate surface area is 93.2 Å². The molecular weight excluding hydrogens is 206 g/mol. The molecule has 0 fully saturated rings. The Kier molecular flexibility index (Phi) is 2.42. The van der Waals surface area contributed by atoms with E-state index >= 15 is 0 Å². The fraction of sp³-hybridized carbons (Fsp3) is 0.333. The molecular formula is C12H13NO3. The van der Waals surface area contributed by atoms with Gasteiger partial charge in [0.15, 0.2) is 5.58 Å². The maximum absolute atomic E-state index is 11.7. The van der Waals surface area contributed by atoms with Crippen LogP contribution in [0.4, 0.5) is 0 Å². The van der Waals surface area contributed by atoms with Crippen molar-refractivity contribution in [3.63, 3.8) is 0 Å². The molecule has 2 aromatic rings. The van der Waals surface area contributed by atoms with Gasteiger partial charge in [0, 0.05) is 5.39 Å². The summed E-state index contributed by atoms with van der Waals surface area (Å²) >= 11 is 0. The number of fused-ring (bicyclic) bond motifs is 1. The van der Waals surface area contributed by atoms with Crippen LogP contribution in [-0.2, 0) is 14.9 Å². The summed E-state index contributed by atoms with van der Waals surface area (Å²) in [5.41, 5.74) is 0.478. The van der Waals surface area contributed by atoms with Crippen LogP contribution in [-0.4, -0.2) is 18.2 Å². The number of hydrogen-bond donors (Lipinski definition) is 0. The third kappa shape index (κ3) is 1.46. The van der Waals surface area contributed by atoms with Gasteiger partial charge in [0.1, 0.15) is 11.1 Å². The van der Waals surface area contributed by atoms with Gasteiger partial charge in [0.25, 0.3) is 0 Å². The molecule has 0 radical (unpaired) electrons. The van der Waals surface area contributed by atoms with Crippen LogP contribution in [0, 0.1) is 0 Å². The summed E-state index contributed by atoms with van der Waals surface area (Å²) in [4.78, 5) is 11.7. The number of rotatable bonds is 2. The van der Waals surface area contributed by atoms with Crippen LogP contribution in [0.2, 0.25) is 0 Å². The quantitative estimate of drug-likeness (QED) is 0.727. The molecule has 0 spiro atoms. The van der Waals surface area contributed by atoms with E-state index in [0.717, 1.165) is 5.39 Å². The van der Waals surface area contributed by atoms with E-state index in [1.54, 1.807) is 13.8 Å². The van der Waals surface area contributed by atoms with Crippen LogP contribution in [0.25, 0.3) is 11.0 Å². The van der Waals surface area contributed by atoms with Crippen LogP contribution in [0.15, 0.2) is 28.8 Å². The summed E-state index contributed by atoms with van der Waals surface area (Å²) in [5, 5.41) is 4.81. The number of para-hydroxylation sites is 1. The average molecular weight is 219 g/mol. The number of hydrogen-bond acceptors (Lipinski definition) is 4. The van der Waals surface area contributed by atoms with Crippen molar-refractivity contribution < 1.29 is 14.1 Å². The predicted molar refractivity (Wildman–Crippen MR) is 59.1 cm³/mol. The number of carbonyl (C=O) groups excluding carboxylic acids is 1. The fourth-order valence-corrected chi connectivity index (χ4v) is 1.69. The fourth-order valence-electron chi connectivity index (χ4n) is 1.69. The maximum Gasteiger partial charge on any atom is 0.317 e. The van der Waals surface area contributed by atoms with Crippen LogP contribution >= 0.6 is 0 Å². The van der Waals surface area contributed by atoms with E-state index in [4.69, 9.17) is 9.26 Å². The van der Waals surface area contributed by atoms with Gasteiger partial charge < -0.3 is 9.26 Å². The van der Waals surface area contributed by atoms with E-state index in [0.29, 0.717) is 11.3 Å². The van der Waals surface area contributed by atoms with Gasteiger partial charge in [0.2, 0.25) is 0 Å². The van der Waals surface area contributed by atoms with Crippen LogP contribution in [0.3, 0.4) is 0 Å². The summed E-state index contributed by atoms with van der Waals surface area (Å²) in [5.74, 6) is -0.327. The zero-order valence-corrected chi connectivity index (χ0v) is 9.48. The summed E-state index contributed by atoms with van der Waals surface area (Å²) in [7, 11) is 1.37. The Hall–Kier alpha value is -1.84. The predicted octanol–water partition coefficient (Wildman–Crippen LogP) is 2.28. The molecule has 16 heavy (non-hydrogen) atoms. The molecule has 0 saturated carbocycles. The van der Waals surface area contributed by atoms with Gasteiger partial charge in [-0.25, -0.2) is 0 Å². The minimum absolute atomic E-state index is 0.327. The van der Waals surface area contributed by atoms with Crippen molar-refractivity contribution in [2.45, 2.75) is 19.3 Å². The lowest BCUT2D eigenvalue weighted by Crippen LogP contribution is -2.30. The van der Waals surface area contributed by atoms with E-state index in [1.807, 2.05) is 24.3 Å². The number of ether oxygens (including phenoxy) is 1. The topological polar surface area (TPSA) is 52.3 Å². The first-order valence-electron chi connectivity index (χ1n) is 5.00. The lowest BCUT2D eigenvalue weighted by molar-refractivity contribution is -0.146. The van der Waals surface area contributed by atoms with Gasteiger partial charge in [-0.05, 0) is 26.0 Å². The molecule has 0 atom stereocenters. The molecule has 4 heteroatoms. The van der Waals surface area contributed by atoms with E-state index in [-0.39, 0.29) is 5.97 Å². The second-order valence-corrected chi connectivity index (χ2v) is 4.14. The zero-order chi connectivity index (χ0) is 11.8. The average Bonchev–Trinajstić information content (AvgIpc) is 2.72. The third-order valence-electron chi connectivity index (χ3n) is 2.67. The minimum atomic E-state index is -0.804. The summed E-state index contributed by atoms with van der Waals surface area (Å²) in [6.45, 7) is 3.53. The second-order valence-electron chi connectivity index (χ2n) is 4.14. The van der Waals surface area contributed by atoms with Crippen molar-refractivity contribution in [1.82, 2.24) is 5.16 Å². The summed E-state index contributed by atoms with van der Waals surface area (Å²) in [6.07, 6.45) is 0. The number of aromatic nitrogens is 1. The first kappa shape index (κ1) is 10.7. The number of carbonyl (C=O) groups is 1. The second kappa shape index (κ2) is 3.63.